The lowest BCUT2D eigenvalue weighted by atomic mass is 9.98. The minimum absolute atomic E-state index is 0.0803. The molecule has 6 heteroatoms. The molecule has 0 N–H and O–H groups in total. The molecule has 0 saturated heterocycles. The second-order valence-corrected chi connectivity index (χ2v) is 7.91. The first-order valence-corrected chi connectivity index (χ1v) is 10.2. The summed E-state index contributed by atoms with van der Waals surface area (Å²) in [5.41, 5.74) is 2.31. The molecule has 0 fully saturated rings. The fraction of sp³-hybridized carbons (Fsp3) is 0.120. The van der Waals surface area contributed by atoms with Gasteiger partial charge in [-0.15, -0.1) is 0 Å². The summed E-state index contributed by atoms with van der Waals surface area (Å²) in [5.74, 6) is 0.465. The Morgan fingerprint density at radius 2 is 1.74 bits per heavy atom. The van der Waals surface area contributed by atoms with E-state index >= 15 is 0 Å². The highest BCUT2D eigenvalue weighted by molar-refractivity contribution is 6.31. The first-order chi connectivity index (χ1) is 15.0. The molecule has 5 nitrogen and oxygen atoms in total. The lowest BCUT2D eigenvalue weighted by molar-refractivity contribution is 0.0771. The summed E-state index contributed by atoms with van der Waals surface area (Å²) in [7, 11) is 1.67. The van der Waals surface area contributed by atoms with Crippen molar-refractivity contribution < 1.29 is 13.9 Å². The van der Waals surface area contributed by atoms with E-state index in [2.05, 4.69) is 0 Å². The summed E-state index contributed by atoms with van der Waals surface area (Å²) in [6.07, 6.45) is 0. The van der Waals surface area contributed by atoms with E-state index in [-0.39, 0.29) is 17.1 Å². The van der Waals surface area contributed by atoms with Gasteiger partial charge in [0.1, 0.15) is 17.9 Å². The maximum Gasteiger partial charge on any atom is 0.290 e. The van der Waals surface area contributed by atoms with Crippen molar-refractivity contribution in [2.24, 2.45) is 0 Å². The van der Waals surface area contributed by atoms with Crippen LogP contribution < -0.4 is 10.2 Å². The molecule has 1 aliphatic rings. The van der Waals surface area contributed by atoms with Gasteiger partial charge in [0, 0.05) is 12.1 Å². The molecule has 1 aromatic heterocycles. The average Bonchev–Trinajstić information content (AvgIpc) is 3.05. The van der Waals surface area contributed by atoms with Crippen LogP contribution in [0.25, 0.3) is 11.0 Å². The molecule has 0 saturated carbocycles. The Morgan fingerprint density at radius 1 is 1.00 bits per heavy atom. The predicted octanol–water partition coefficient (Wildman–Crippen LogP) is 5.20. The third-order valence-corrected chi connectivity index (χ3v) is 5.74. The predicted molar refractivity (Wildman–Crippen MR) is 119 cm³/mol. The van der Waals surface area contributed by atoms with Crippen LogP contribution in [0.3, 0.4) is 0 Å². The topological polar surface area (TPSA) is 59.8 Å². The summed E-state index contributed by atoms with van der Waals surface area (Å²) in [6, 6.07) is 21.6. The molecule has 1 unspecified atom stereocenters. The largest absolute Gasteiger partial charge is 0.489 e. The van der Waals surface area contributed by atoms with E-state index in [1.807, 2.05) is 54.6 Å². The highest BCUT2D eigenvalue weighted by Gasteiger charge is 2.40. The van der Waals surface area contributed by atoms with E-state index < -0.39 is 6.04 Å². The van der Waals surface area contributed by atoms with Gasteiger partial charge in [0.05, 0.1) is 17.0 Å². The Kier molecular flexibility index (Phi) is 4.75. The van der Waals surface area contributed by atoms with Crippen molar-refractivity contribution in [3.63, 3.8) is 0 Å². The number of hydrogen-bond acceptors (Lipinski definition) is 4. The van der Waals surface area contributed by atoms with Gasteiger partial charge < -0.3 is 14.1 Å². The molecule has 5 rings (SSSR count). The third kappa shape index (κ3) is 3.37. The number of amides is 1. The fourth-order valence-corrected chi connectivity index (χ4v) is 4.11. The van der Waals surface area contributed by atoms with Crippen LogP contribution in [-0.4, -0.2) is 17.9 Å². The van der Waals surface area contributed by atoms with Gasteiger partial charge >= 0.3 is 0 Å². The van der Waals surface area contributed by atoms with Crippen LogP contribution in [-0.2, 0) is 6.61 Å². The van der Waals surface area contributed by atoms with Crippen molar-refractivity contribution in [1.29, 1.82) is 0 Å². The summed E-state index contributed by atoms with van der Waals surface area (Å²) in [5, 5.41) is 0.802. The summed E-state index contributed by atoms with van der Waals surface area (Å²) < 4.78 is 11.7. The molecule has 154 valence electrons. The van der Waals surface area contributed by atoms with Gasteiger partial charge in [-0.25, -0.2) is 0 Å². The average molecular weight is 432 g/mol. The van der Waals surface area contributed by atoms with E-state index in [0.717, 1.165) is 11.1 Å². The van der Waals surface area contributed by atoms with Gasteiger partial charge in [-0.2, -0.15) is 0 Å². The number of fused-ring (bicyclic) bond motifs is 2. The molecule has 3 aromatic carbocycles. The lowest BCUT2D eigenvalue weighted by Gasteiger charge is -2.20. The molecule has 0 aliphatic carbocycles. The number of carbonyl (C=O) groups is 1. The van der Waals surface area contributed by atoms with E-state index in [1.54, 1.807) is 25.2 Å². The van der Waals surface area contributed by atoms with Gasteiger partial charge in [0.25, 0.3) is 5.91 Å². The molecule has 1 atom stereocenters. The molecular weight excluding hydrogens is 414 g/mol. The molecule has 0 bridgehead atoms. The van der Waals surface area contributed by atoms with Crippen molar-refractivity contribution in [3.05, 3.63) is 110 Å². The normalized spacial score (nSPS) is 15.4. The number of hydrogen-bond donors (Lipinski definition) is 0. The maximum atomic E-state index is 13.3. The quantitative estimate of drug-likeness (QED) is 0.445. The zero-order valence-electron chi connectivity index (χ0n) is 16.7. The first-order valence-electron chi connectivity index (χ1n) is 9.83. The van der Waals surface area contributed by atoms with E-state index in [9.17, 15) is 9.59 Å². The van der Waals surface area contributed by atoms with E-state index in [0.29, 0.717) is 33.9 Å². The molecule has 2 heterocycles. The molecule has 1 aliphatic heterocycles. The van der Waals surface area contributed by atoms with Crippen molar-refractivity contribution in [3.8, 4) is 5.75 Å². The maximum absolute atomic E-state index is 13.3. The summed E-state index contributed by atoms with van der Waals surface area (Å²) in [6.45, 7) is 0.459. The number of ether oxygens (including phenoxy) is 1. The number of carbonyl (C=O) groups excluding carboxylic acids is 1. The monoisotopic (exact) mass is 431 g/mol. The van der Waals surface area contributed by atoms with Crippen LogP contribution in [0, 0.1) is 0 Å². The van der Waals surface area contributed by atoms with Crippen LogP contribution in [0.2, 0.25) is 5.02 Å². The van der Waals surface area contributed by atoms with Crippen LogP contribution in [0.15, 0.2) is 82.0 Å². The van der Waals surface area contributed by atoms with Gasteiger partial charge in [-0.05, 0) is 41.5 Å². The highest BCUT2D eigenvalue weighted by atomic mass is 35.5. The lowest BCUT2D eigenvalue weighted by Crippen LogP contribution is -2.25. The third-order valence-electron chi connectivity index (χ3n) is 5.51. The second-order valence-electron chi connectivity index (χ2n) is 7.48. The van der Waals surface area contributed by atoms with E-state index in [4.69, 9.17) is 20.8 Å². The number of benzene rings is 3. The minimum atomic E-state index is -0.537. The van der Waals surface area contributed by atoms with Gasteiger partial charge in [0.15, 0.2) is 5.43 Å². The Balaban J connectivity index is 1.50. The van der Waals surface area contributed by atoms with Crippen molar-refractivity contribution in [1.82, 2.24) is 4.90 Å². The summed E-state index contributed by atoms with van der Waals surface area (Å²) >= 11 is 6.07. The molecule has 1 amide bonds. The van der Waals surface area contributed by atoms with Gasteiger partial charge in [-0.3, -0.25) is 9.59 Å². The number of nitrogens with zero attached hydrogens (tertiary/aromatic N) is 1. The Morgan fingerprint density at radius 3 is 2.48 bits per heavy atom. The zero-order chi connectivity index (χ0) is 21.5. The minimum Gasteiger partial charge on any atom is -0.489 e. The van der Waals surface area contributed by atoms with E-state index in [1.165, 1.54) is 4.90 Å². The highest BCUT2D eigenvalue weighted by Crippen LogP contribution is 2.37. The standard InChI is InChI=1S/C25H18ClNO4/c1-27-22(16-7-10-18(11-8-16)30-14-15-5-3-2-4-6-15)21-23(28)19-13-17(26)9-12-20(19)31-24(21)25(27)29/h2-13,22H,14H2,1H3. The fourth-order valence-electron chi connectivity index (χ4n) is 3.94. The first kappa shape index (κ1) is 19.4. The van der Waals surface area contributed by atoms with Crippen LogP contribution in [0.5, 0.6) is 5.75 Å². The Labute approximate surface area is 183 Å². The molecule has 31 heavy (non-hydrogen) atoms. The summed E-state index contributed by atoms with van der Waals surface area (Å²) in [4.78, 5) is 27.6. The smallest absolute Gasteiger partial charge is 0.290 e. The van der Waals surface area contributed by atoms with Crippen molar-refractivity contribution >= 4 is 28.5 Å². The molecule has 4 aromatic rings. The Bertz CT molecular complexity index is 1350. The molecule has 0 spiro atoms. The second kappa shape index (κ2) is 7.60. The van der Waals surface area contributed by atoms with Crippen molar-refractivity contribution in [2.45, 2.75) is 12.6 Å². The van der Waals surface area contributed by atoms with Gasteiger partial charge in [0.2, 0.25) is 5.76 Å². The van der Waals surface area contributed by atoms with Crippen LogP contribution in [0.4, 0.5) is 0 Å². The van der Waals surface area contributed by atoms with Crippen LogP contribution in [0.1, 0.15) is 33.3 Å². The SMILES string of the molecule is CN1C(=O)c2oc3ccc(Cl)cc3c(=O)c2C1c1ccc(OCc2ccccc2)cc1. The zero-order valence-corrected chi connectivity index (χ0v) is 17.4. The molecular formula is C25H18ClNO4. The number of rotatable bonds is 4. The molecule has 0 radical (unpaired) electrons. The Hall–Kier alpha value is -3.57. The number of halogens is 1. The van der Waals surface area contributed by atoms with Crippen LogP contribution >= 0.6 is 11.6 Å². The van der Waals surface area contributed by atoms with Gasteiger partial charge in [-0.1, -0.05) is 54.1 Å². The van der Waals surface area contributed by atoms with Crippen molar-refractivity contribution in [2.75, 3.05) is 7.05 Å².